The number of benzene rings is 2. The van der Waals surface area contributed by atoms with Gasteiger partial charge in [-0.2, -0.15) is 0 Å². The van der Waals surface area contributed by atoms with Gasteiger partial charge in [-0.15, -0.1) is 0 Å². The molecule has 0 saturated heterocycles. The molecule has 0 saturated carbocycles. The van der Waals surface area contributed by atoms with E-state index in [2.05, 4.69) is 5.32 Å². The Morgan fingerprint density at radius 1 is 1.15 bits per heavy atom. The van der Waals surface area contributed by atoms with E-state index in [1.165, 1.54) is 43.1 Å². The molecule has 0 aliphatic heterocycles. The van der Waals surface area contributed by atoms with E-state index < -0.39 is 18.0 Å². The Kier molecular flexibility index (Phi) is 6.54. The van der Waals surface area contributed by atoms with Crippen molar-refractivity contribution in [2.24, 2.45) is 0 Å². The fraction of sp³-hybridized carbons (Fsp3) is 0.250. The Bertz CT molecular complexity index is 833. The number of likely N-dealkylation sites (N-methyl/N-ethyl adjacent to an activating group) is 1. The fourth-order valence-corrected chi connectivity index (χ4v) is 2.35. The number of nitrogens with one attached hydrogen (secondary N) is 1. The molecule has 0 unspecified atom stereocenters. The first-order chi connectivity index (χ1) is 12.8. The lowest BCUT2D eigenvalue weighted by molar-refractivity contribution is -0.140. The van der Waals surface area contributed by atoms with Crippen molar-refractivity contribution in [2.75, 3.05) is 18.9 Å². The number of amides is 2. The van der Waals surface area contributed by atoms with Gasteiger partial charge in [-0.05, 0) is 44.2 Å². The van der Waals surface area contributed by atoms with Crippen molar-refractivity contribution >= 4 is 23.5 Å². The van der Waals surface area contributed by atoms with E-state index in [0.717, 1.165) is 5.56 Å². The monoisotopic (exact) mass is 370 g/mol. The third-order valence-electron chi connectivity index (χ3n) is 3.81. The maximum atomic E-state index is 12.3. The lowest BCUT2D eigenvalue weighted by atomic mass is 10.2. The number of ether oxygens (including phenoxy) is 1. The van der Waals surface area contributed by atoms with E-state index in [0.29, 0.717) is 5.69 Å². The second-order valence-electron chi connectivity index (χ2n) is 6.21. The number of esters is 1. The van der Waals surface area contributed by atoms with Crippen LogP contribution < -0.4 is 5.32 Å². The van der Waals surface area contributed by atoms with Crippen LogP contribution in [0.5, 0.6) is 5.75 Å². The lowest BCUT2D eigenvalue weighted by Crippen LogP contribution is -2.41. The third kappa shape index (κ3) is 5.85. The van der Waals surface area contributed by atoms with E-state index in [1.807, 2.05) is 19.1 Å². The van der Waals surface area contributed by atoms with Gasteiger partial charge in [0.1, 0.15) is 5.75 Å². The van der Waals surface area contributed by atoms with E-state index in [4.69, 9.17) is 4.74 Å². The Balaban J connectivity index is 1.88. The van der Waals surface area contributed by atoms with Crippen LogP contribution in [0.25, 0.3) is 0 Å². The SMILES string of the molecule is Cc1ccc(NC(=O)CN(C)C(=O)[C@H](C)OC(=O)c2cccc(O)c2)cc1. The summed E-state index contributed by atoms with van der Waals surface area (Å²) in [5.41, 5.74) is 1.84. The highest BCUT2D eigenvalue weighted by Gasteiger charge is 2.23. The van der Waals surface area contributed by atoms with Gasteiger partial charge >= 0.3 is 5.97 Å². The van der Waals surface area contributed by atoms with Crippen molar-refractivity contribution in [3.63, 3.8) is 0 Å². The van der Waals surface area contributed by atoms with Crippen molar-refractivity contribution in [1.82, 2.24) is 4.90 Å². The lowest BCUT2D eigenvalue weighted by Gasteiger charge is -2.21. The molecular weight excluding hydrogens is 348 g/mol. The Hall–Kier alpha value is -3.35. The standard InChI is InChI=1S/C20H22N2O5/c1-13-7-9-16(10-8-13)21-18(24)12-22(3)19(25)14(2)27-20(26)15-5-4-6-17(23)11-15/h4-11,14,23H,12H2,1-3H3,(H,21,24)/t14-/m0/s1. The Labute approximate surface area is 157 Å². The number of phenols is 1. The first-order valence-corrected chi connectivity index (χ1v) is 8.38. The summed E-state index contributed by atoms with van der Waals surface area (Å²) in [5.74, 6) is -1.68. The molecule has 0 heterocycles. The molecule has 0 aliphatic carbocycles. The number of rotatable bonds is 6. The molecule has 7 heteroatoms. The molecule has 27 heavy (non-hydrogen) atoms. The summed E-state index contributed by atoms with van der Waals surface area (Å²) < 4.78 is 5.11. The molecule has 0 aromatic heterocycles. The van der Waals surface area contributed by atoms with E-state index in [9.17, 15) is 19.5 Å². The zero-order valence-electron chi connectivity index (χ0n) is 15.4. The average molecular weight is 370 g/mol. The highest BCUT2D eigenvalue weighted by molar-refractivity contribution is 5.96. The molecule has 0 radical (unpaired) electrons. The van der Waals surface area contributed by atoms with Gasteiger partial charge in [0, 0.05) is 12.7 Å². The van der Waals surface area contributed by atoms with E-state index in [-0.39, 0.29) is 23.8 Å². The number of hydrogen-bond acceptors (Lipinski definition) is 5. The molecule has 0 bridgehead atoms. The Morgan fingerprint density at radius 2 is 1.81 bits per heavy atom. The van der Waals surface area contributed by atoms with Gasteiger partial charge in [0.15, 0.2) is 6.10 Å². The third-order valence-corrected chi connectivity index (χ3v) is 3.81. The second kappa shape index (κ2) is 8.84. The molecule has 2 N–H and O–H groups in total. The van der Waals surface area contributed by atoms with Crippen LogP contribution in [0, 0.1) is 6.92 Å². The molecule has 0 spiro atoms. The Morgan fingerprint density at radius 3 is 2.44 bits per heavy atom. The van der Waals surface area contributed by atoms with Crippen molar-refractivity contribution < 1.29 is 24.2 Å². The van der Waals surface area contributed by atoms with E-state index >= 15 is 0 Å². The van der Waals surface area contributed by atoms with Crippen molar-refractivity contribution in [3.05, 3.63) is 59.7 Å². The summed E-state index contributed by atoms with van der Waals surface area (Å²) in [5, 5.41) is 12.1. The van der Waals surface area contributed by atoms with Crippen LogP contribution in [0.15, 0.2) is 48.5 Å². The van der Waals surface area contributed by atoms with Crippen LogP contribution in [0.2, 0.25) is 0 Å². The van der Waals surface area contributed by atoms with Crippen LogP contribution in [0.3, 0.4) is 0 Å². The zero-order chi connectivity index (χ0) is 20.0. The summed E-state index contributed by atoms with van der Waals surface area (Å²) >= 11 is 0. The summed E-state index contributed by atoms with van der Waals surface area (Å²) in [6.45, 7) is 3.19. The normalized spacial score (nSPS) is 11.4. The van der Waals surface area contributed by atoms with Gasteiger partial charge in [0.2, 0.25) is 5.91 Å². The maximum Gasteiger partial charge on any atom is 0.339 e. The molecule has 0 aliphatic rings. The number of carbonyl (C=O) groups excluding carboxylic acids is 3. The van der Waals surface area contributed by atoms with Crippen molar-refractivity contribution in [1.29, 1.82) is 0 Å². The van der Waals surface area contributed by atoms with Gasteiger partial charge in [0.25, 0.3) is 5.91 Å². The summed E-state index contributed by atoms with van der Waals surface area (Å²) in [6, 6.07) is 12.9. The highest BCUT2D eigenvalue weighted by atomic mass is 16.5. The van der Waals surface area contributed by atoms with Crippen LogP contribution >= 0.6 is 0 Å². The minimum absolute atomic E-state index is 0.0756. The van der Waals surface area contributed by atoms with Crippen LogP contribution in [-0.4, -0.2) is 47.5 Å². The molecule has 2 aromatic rings. The number of phenolic OH excluding ortho intramolecular Hbond substituents is 1. The molecular formula is C20H22N2O5. The number of aryl methyl sites for hydroxylation is 1. The van der Waals surface area contributed by atoms with Crippen molar-refractivity contribution in [2.45, 2.75) is 20.0 Å². The van der Waals surface area contributed by atoms with Gasteiger partial charge < -0.3 is 20.1 Å². The minimum atomic E-state index is -1.07. The molecule has 2 amide bonds. The molecule has 2 aromatic carbocycles. The smallest absolute Gasteiger partial charge is 0.339 e. The summed E-state index contributed by atoms with van der Waals surface area (Å²) in [4.78, 5) is 37.6. The predicted molar refractivity (Wildman–Crippen MR) is 100 cm³/mol. The average Bonchev–Trinajstić information content (AvgIpc) is 2.62. The number of hydrogen-bond donors (Lipinski definition) is 2. The molecule has 7 nitrogen and oxygen atoms in total. The first kappa shape index (κ1) is 20.0. The second-order valence-corrected chi connectivity index (χ2v) is 6.21. The van der Waals surface area contributed by atoms with E-state index in [1.54, 1.807) is 12.1 Å². The van der Waals surface area contributed by atoms with Gasteiger partial charge in [0.05, 0.1) is 12.1 Å². The number of carbonyl (C=O) groups is 3. The predicted octanol–water partition coefficient (Wildman–Crippen LogP) is 2.34. The van der Waals surface area contributed by atoms with Crippen LogP contribution in [0.1, 0.15) is 22.8 Å². The summed E-state index contributed by atoms with van der Waals surface area (Å²) in [6.07, 6.45) is -1.07. The first-order valence-electron chi connectivity index (χ1n) is 8.38. The minimum Gasteiger partial charge on any atom is -0.508 e. The molecule has 2 rings (SSSR count). The van der Waals surface area contributed by atoms with Gasteiger partial charge in [-0.25, -0.2) is 4.79 Å². The summed E-state index contributed by atoms with van der Waals surface area (Å²) in [7, 11) is 1.45. The molecule has 0 fully saturated rings. The zero-order valence-corrected chi connectivity index (χ0v) is 15.4. The van der Waals surface area contributed by atoms with Gasteiger partial charge in [-0.3, -0.25) is 9.59 Å². The number of nitrogens with zero attached hydrogens (tertiary/aromatic N) is 1. The van der Waals surface area contributed by atoms with Crippen LogP contribution in [-0.2, 0) is 14.3 Å². The number of anilines is 1. The number of aromatic hydroxyl groups is 1. The van der Waals surface area contributed by atoms with Crippen molar-refractivity contribution in [3.8, 4) is 5.75 Å². The van der Waals surface area contributed by atoms with Crippen LogP contribution in [0.4, 0.5) is 5.69 Å². The fourth-order valence-electron chi connectivity index (χ4n) is 2.35. The highest BCUT2D eigenvalue weighted by Crippen LogP contribution is 2.13. The topological polar surface area (TPSA) is 95.9 Å². The maximum absolute atomic E-state index is 12.3. The molecule has 1 atom stereocenters. The van der Waals surface area contributed by atoms with Gasteiger partial charge in [-0.1, -0.05) is 23.8 Å². The largest absolute Gasteiger partial charge is 0.508 e. The quantitative estimate of drug-likeness (QED) is 0.761. The molecule has 142 valence electrons.